The number of benzene rings is 2. The molecule has 0 bridgehead atoms. The third kappa shape index (κ3) is 4.46. The van der Waals surface area contributed by atoms with Gasteiger partial charge in [-0.1, -0.05) is 68.1 Å². The molecule has 1 amide bonds. The number of fused-ring (bicyclic) bond motifs is 2. The minimum atomic E-state index is -0.252. The van der Waals surface area contributed by atoms with Crippen LogP contribution < -0.4 is 11.1 Å². The molecule has 0 radical (unpaired) electrons. The summed E-state index contributed by atoms with van der Waals surface area (Å²) in [5, 5.41) is 7.53. The van der Waals surface area contributed by atoms with Gasteiger partial charge in [0.1, 0.15) is 16.9 Å². The lowest BCUT2D eigenvalue weighted by molar-refractivity contribution is 0.0955. The number of hydrogen-bond donors (Lipinski definition) is 2. The van der Waals surface area contributed by atoms with Crippen LogP contribution in [0.2, 0.25) is 0 Å². The Bertz CT molecular complexity index is 1270. The number of aromatic nitrogens is 3. The Labute approximate surface area is 187 Å². The van der Waals surface area contributed by atoms with E-state index in [1.165, 1.54) is 10.2 Å². The molecule has 4 rings (SSSR count). The van der Waals surface area contributed by atoms with Crippen molar-refractivity contribution in [2.75, 3.05) is 12.3 Å². The highest BCUT2D eigenvalue weighted by atomic mass is 16.1. The number of nitrogens with zero attached hydrogens (tertiary/aromatic N) is 4. The highest BCUT2D eigenvalue weighted by Gasteiger charge is 2.23. The zero-order valence-electron chi connectivity index (χ0n) is 18.5. The lowest BCUT2D eigenvalue weighted by Gasteiger charge is -2.05. The molecule has 0 aliphatic carbocycles. The number of unbranched alkanes of at least 4 members (excludes halogenated alkanes) is 3. The molecule has 0 spiro atoms. The van der Waals surface area contributed by atoms with Crippen LogP contribution in [0.15, 0.2) is 53.6 Å². The summed E-state index contributed by atoms with van der Waals surface area (Å²) in [7, 11) is 0. The smallest absolute Gasteiger partial charge is 0.257 e. The molecule has 0 fully saturated rings. The van der Waals surface area contributed by atoms with E-state index in [9.17, 15) is 4.79 Å². The monoisotopic (exact) mass is 428 g/mol. The Morgan fingerprint density at radius 3 is 2.50 bits per heavy atom. The molecule has 0 atom stereocenters. The van der Waals surface area contributed by atoms with Crippen molar-refractivity contribution in [2.45, 2.75) is 39.5 Å². The number of hydrogen-bond acceptors (Lipinski definition) is 5. The van der Waals surface area contributed by atoms with Gasteiger partial charge in [0.05, 0.1) is 17.2 Å². The molecule has 2 aromatic carbocycles. The van der Waals surface area contributed by atoms with Gasteiger partial charge < -0.3 is 11.1 Å². The maximum absolute atomic E-state index is 13.0. The Morgan fingerprint density at radius 2 is 1.78 bits per heavy atom. The Hall–Kier alpha value is -3.74. The Balaban J connectivity index is 1.75. The van der Waals surface area contributed by atoms with Gasteiger partial charge in [-0.15, -0.1) is 0 Å². The summed E-state index contributed by atoms with van der Waals surface area (Å²) < 4.78 is 1.50. The maximum atomic E-state index is 13.0. The van der Waals surface area contributed by atoms with Crippen molar-refractivity contribution < 1.29 is 4.79 Å². The van der Waals surface area contributed by atoms with E-state index in [0.717, 1.165) is 36.8 Å². The van der Waals surface area contributed by atoms with Gasteiger partial charge in [0.15, 0.2) is 5.65 Å². The van der Waals surface area contributed by atoms with Gasteiger partial charge in [-0.2, -0.15) is 9.78 Å². The van der Waals surface area contributed by atoms with E-state index < -0.39 is 0 Å². The zero-order chi connectivity index (χ0) is 22.5. The maximum Gasteiger partial charge on any atom is 0.257 e. The third-order valence-electron chi connectivity index (χ3n) is 5.42. The van der Waals surface area contributed by atoms with Crippen molar-refractivity contribution >= 4 is 40.1 Å². The Morgan fingerprint density at radius 1 is 1.06 bits per heavy atom. The number of anilines is 1. The van der Waals surface area contributed by atoms with E-state index in [-0.39, 0.29) is 11.7 Å². The van der Waals surface area contributed by atoms with Gasteiger partial charge in [-0.05, 0) is 31.0 Å². The molecule has 7 nitrogen and oxygen atoms in total. The largest absolute Gasteiger partial charge is 0.383 e. The molecule has 2 heterocycles. The first kappa shape index (κ1) is 21.5. The highest BCUT2D eigenvalue weighted by molar-refractivity contribution is 6.10. The molecule has 0 aliphatic heterocycles. The standard InChI is InChI=1S/C25H28N6O/c1-3-4-5-8-15-27-25(32)21-22-24(30-20-10-7-6-9-19(20)29-22)31(23(21)26)28-16-18-13-11-17(2)12-14-18/h6-7,9-14,16H,3-5,8,15,26H2,1-2H3,(H,27,32). The van der Waals surface area contributed by atoms with E-state index in [0.29, 0.717) is 28.8 Å². The van der Waals surface area contributed by atoms with Crippen LogP contribution >= 0.6 is 0 Å². The van der Waals surface area contributed by atoms with Gasteiger partial charge in [0.25, 0.3) is 5.91 Å². The van der Waals surface area contributed by atoms with Crippen LogP contribution in [0.3, 0.4) is 0 Å². The van der Waals surface area contributed by atoms with Crippen LogP contribution in [0, 0.1) is 6.92 Å². The lowest BCUT2D eigenvalue weighted by Crippen LogP contribution is -2.25. The summed E-state index contributed by atoms with van der Waals surface area (Å²) in [5.74, 6) is -0.0254. The van der Waals surface area contributed by atoms with Crippen LogP contribution in [0.4, 0.5) is 5.82 Å². The number of carbonyl (C=O) groups excluding carboxylic acids is 1. The second-order valence-corrected chi connectivity index (χ2v) is 7.93. The van der Waals surface area contributed by atoms with E-state index in [1.807, 2.05) is 55.5 Å². The predicted molar refractivity (Wildman–Crippen MR) is 130 cm³/mol. The third-order valence-corrected chi connectivity index (χ3v) is 5.42. The first-order valence-electron chi connectivity index (χ1n) is 11.0. The SMILES string of the molecule is CCCCCCNC(=O)c1c(N)n(N=Cc2ccc(C)cc2)c2nc3ccccc3nc12. The van der Waals surface area contributed by atoms with Crippen molar-refractivity contribution in [3.63, 3.8) is 0 Å². The normalized spacial score (nSPS) is 11.6. The Kier molecular flexibility index (Phi) is 6.44. The van der Waals surface area contributed by atoms with Crippen molar-refractivity contribution in [2.24, 2.45) is 5.10 Å². The summed E-state index contributed by atoms with van der Waals surface area (Å²) in [5.41, 5.74) is 11.2. The number of amides is 1. The summed E-state index contributed by atoms with van der Waals surface area (Å²) in [6.45, 7) is 4.79. The number of nitrogen functional groups attached to an aromatic ring is 1. The predicted octanol–water partition coefficient (Wildman–Crippen LogP) is 4.67. The molecular weight excluding hydrogens is 400 g/mol. The molecule has 0 aliphatic rings. The van der Waals surface area contributed by atoms with Gasteiger partial charge in [-0.25, -0.2) is 9.97 Å². The minimum Gasteiger partial charge on any atom is -0.383 e. The van der Waals surface area contributed by atoms with Crippen molar-refractivity contribution in [3.8, 4) is 0 Å². The van der Waals surface area contributed by atoms with E-state index in [1.54, 1.807) is 6.21 Å². The van der Waals surface area contributed by atoms with Crippen LogP contribution in [0.25, 0.3) is 22.2 Å². The van der Waals surface area contributed by atoms with E-state index in [2.05, 4.69) is 17.3 Å². The molecule has 7 heteroatoms. The zero-order valence-corrected chi connectivity index (χ0v) is 18.5. The molecule has 3 N–H and O–H groups in total. The van der Waals surface area contributed by atoms with Crippen LogP contribution in [-0.4, -0.2) is 33.3 Å². The van der Waals surface area contributed by atoms with Crippen LogP contribution in [0.5, 0.6) is 0 Å². The lowest BCUT2D eigenvalue weighted by atomic mass is 10.2. The fourth-order valence-corrected chi connectivity index (χ4v) is 3.61. The number of aryl methyl sites for hydroxylation is 1. The highest BCUT2D eigenvalue weighted by Crippen LogP contribution is 2.27. The number of nitrogens with one attached hydrogen (secondary N) is 1. The average Bonchev–Trinajstić information content (AvgIpc) is 3.07. The second-order valence-electron chi connectivity index (χ2n) is 7.93. The molecule has 0 unspecified atom stereocenters. The molecular formula is C25H28N6O. The van der Waals surface area contributed by atoms with Gasteiger partial charge in [-0.3, -0.25) is 4.79 Å². The number of nitrogens with two attached hydrogens (primary N) is 1. The first-order chi connectivity index (χ1) is 15.6. The molecule has 0 saturated carbocycles. The van der Waals surface area contributed by atoms with Crippen molar-refractivity contribution in [3.05, 3.63) is 65.2 Å². The average molecular weight is 429 g/mol. The molecule has 0 saturated heterocycles. The molecule has 4 aromatic rings. The fraction of sp³-hybridized carbons (Fsp3) is 0.280. The summed E-state index contributed by atoms with van der Waals surface area (Å²) >= 11 is 0. The van der Waals surface area contributed by atoms with Crippen LogP contribution in [-0.2, 0) is 0 Å². The fourth-order valence-electron chi connectivity index (χ4n) is 3.61. The quantitative estimate of drug-likeness (QED) is 0.315. The second kappa shape index (κ2) is 9.60. The number of rotatable bonds is 8. The molecule has 164 valence electrons. The number of carbonyl (C=O) groups is 1. The van der Waals surface area contributed by atoms with E-state index >= 15 is 0 Å². The first-order valence-corrected chi connectivity index (χ1v) is 11.0. The van der Waals surface area contributed by atoms with Crippen molar-refractivity contribution in [1.29, 1.82) is 0 Å². The van der Waals surface area contributed by atoms with Crippen LogP contribution in [0.1, 0.15) is 54.1 Å². The van der Waals surface area contributed by atoms with Crippen molar-refractivity contribution in [1.82, 2.24) is 20.0 Å². The van der Waals surface area contributed by atoms with Gasteiger partial charge >= 0.3 is 0 Å². The van der Waals surface area contributed by atoms with Gasteiger partial charge in [0, 0.05) is 6.54 Å². The summed E-state index contributed by atoms with van der Waals surface area (Å²) in [4.78, 5) is 22.5. The summed E-state index contributed by atoms with van der Waals surface area (Å²) in [6, 6.07) is 15.5. The van der Waals surface area contributed by atoms with Gasteiger partial charge in [0.2, 0.25) is 0 Å². The molecule has 32 heavy (non-hydrogen) atoms. The van der Waals surface area contributed by atoms with E-state index in [4.69, 9.17) is 15.7 Å². The summed E-state index contributed by atoms with van der Waals surface area (Å²) in [6.07, 6.45) is 6.02. The minimum absolute atomic E-state index is 0.227. The molecule has 2 aromatic heterocycles. The topological polar surface area (TPSA) is 98.2 Å². The number of para-hydroxylation sites is 2.